The van der Waals surface area contributed by atoms with Crippen LogP contribution in [0.25, 0.3) is 0 Å². The van der Waals surface area contributed by atoms with Crippen molar-refractivity contribution in [2.75, 3.05) is 6.54 Å². The number of rotatable bonds is 4. The van der Waals surface area contributed by atoms with Crippen LogP contribution < -0.4 is 5.32 Å². The molecule has 0 amide bonds. The first-order chi connectivity index (χ1) is 8.61. The van der Waals surface area contributed by atoms with Gasteiger partial charge < -0.3 is 5.32 Å². The topological polar surface area (TPSA) is 35.8 Å². The highest BCUT2D eigenvalue weighted by Crippen LogP contribution is 2.61. The van der Waals surface area contributed by atoms with E-state index in [1.54, 1.807) is 0 Å². The molecule has 100 valence electrons. The summed E-state index contributed by atoms with van der Waals surface area (Å²) < 4.78 is 0. The minimum absolute atomic E-state index is 0.140. The molecule has 4 aliphatic rings. The lowest BCUT2D eigenvalue weighted by molar-refractivity contribution is -0.0705. The SMILES string of the molecule is CC(C#N)CNC(C)C12CC3CC(CC(C3)C1)C2. The molecule has 0 aromatic rings. The van der Waals surface area contributed by atoms with E-state index in [4.69, 9.17) is 5.26 Å². The molecule has 1 N–H and O–H groups in total. The van der Waals surface area contributed by atoms with Crippen LogP contribution >= 0.6 is 0 Å². The van der Waals surface area contributed by atoms with Crippen LogP contribution in [0.5, 0.6) is 0 Å². The molecule has 0 spiro atoms. The molecule has 4 fully saturated rings. The molecule has 0 heterocycles. The minimum atomic E-state index is 0.140. The van der Waals surface area contributed by atoms with Crippen molar-refractivity contribution in [1.82, 2.24) is 5.32 Å². The van der Waals surface area contributed by atoms with Gasteiger partial charge in [0, 0.05) is 12.6 Å². The monoisotopic (exact) mass is 246 g/mol. The van der Waals surface area contributed by atoms with Gasteiger partial charge >= 0.3 is 0 Å². The first-order valence-corrected chi connectivity index (χ1v) is 7.74. The van der Waals surface area contributed by atoms with Gasteiger partial charge in [0.05, 0.1) is 12.0 Å². The summed E-state index contributed by atoms with van der Waals surface area (Å²) in [5, 5.41) is 12.6. The summed E-state index contributed by atoms with van der Waals surface area (Å²) in [6.45, 7) is 5.25. The van der Waals surface area contributed by atoms with Crippen molar-refractivity contribution in [3.05, 3.63) is 0 Å². The number of nitriles is 1. The Bertz CT molecular complexity index is 319. The summed E-state index contributed by atoms with van der Waals surface area (Å²) in [5.41, 5.74) is 0.573. The lowest BCUT2D eigenvalue weighted by atomic mass is 9.48. The zero-order valence-corrected chi connectivity index (χ0v) is 11.8. The zero-order chi connectivity index (χ0) is 12.8. The first-order valence-electron chi connectivity index (χ1n) is 7.74. The first kappa shape index (κ1) is 12.5. The number of hydrogen-bond acceptors (Lipinski definition) is 2. The van der Waals surface area contributed by atoms with Crippen molar-refractivity contribution < 1.29 is 0 Å². The van der Waals surface area contributed by atoms with Gasteiger partial charge in [-0.05, 0) is 75.5 Å². The Labute approximate surface area is 111 Å². The Balaban J connectivity index is 1.66. The fraction of sp³-hybridized carbons (Fsp3) is 0.938. The van der Waals surface area contributed by atoms with Crippen molar-refractivity contribution in [1.29, 1.82) is 5.26 Å². The van der Waals surface area contributed by atoms with Gasteiger partial charge in [-0.1, -0.05) is 0 Å². The van der Waals surface area contributed by atoms with E-state index in [2.05, 4.69) is 18.3 Å². The van der Waals surface area contributed by atoms with Crippen LogP contribution in [0.1, 0.15) is 52.4 Å². The molecule has 4 rings (SSSR count). The second-order valence-corrected chi connectivity index (χ2v) is 7.44. The Morgan fingerprint density at radius 3 is 2.06 bits per heavy atom. The van der Waals surface area contributed by atoms with Gasteiger partial charge in [-0.15, -0.1) is 0 Å². The third kappa shape index (κ3) is 2.07. The van der Waals surface area contributed by atoms with Crippen LogP contribution in [0.2, 0.25) is 0 Å². The van der Waals surface area contributed by atoms with Gasteiger partial charge in [0.1, 0.15) is 0 Å². The predicted molar refractivity (Wildman–Crippen MR) is 72.8 cm³/mol. The Hall–Kier alpha value is -0.550. The molecule has 4 aliphatic carbocycles. The summed E-state index contributed by atoms with van der Waals surface area (Å²) in [6.07, 6.45) is 8.90. The minimum Gasteiger partial charge on any atom is -0.312 e. The van der Waals surface area contributed by atoms with Gasteiger partial charge in [-0.25, -0.2) is 0 Å². The largest absolute Gasteiger partial charge is 0.312 e. The molecular formula is C16H26N2. The summed E-state index contributed by atoms with van der Waals surface area (Å²) in [7, 11) is 0. The average Bonchev–Trinajstić information content (AvgIpc) is 2.33. The summed E-state index contributed by atoms with van der Waals surface area (Å²) in [4.78, 5) is 0. The smallest absolute Gasteiger partial charge is 0.0666 e. The fourth-order valence-electron chi connectivity index (χ4n) is 5.32. The molecule has 0 aromatic carbocycles. The van der Waals surface area contributed by atoms with E-state index in [1.807, 2.05) is 6.92 Å². The second kappa shape index (κ2) is 4.53. The van der Waals surface area contributed by atoms with Crippen molar-refractivity contribution in [3.8, 4) is 6.07 Å². The van der Waals surface area contributed by atoms with Crippen molar-refractivity contribution in [3.63, 3.8) is 0 Å². The zero-order valence-electron chi connectivity index (χ0n) is 11.8. The molecule has 0 radical (unpaired) electrons. The Kier molecular flexibility index (Phi) is 3.14. The van der Waals surface area contributed by atoms with Crippen LogP contribution in [-0.4, -0.2) is 12.6 Å². The predicted octanol–water partition coefficient (Wildman–Crippen LogP) is 3.34. The van der Waals surface area contributed by atoms with E-state index in [9.17, 15) is 0 Å². The van der Waals surface area contributed by atoms with Crippen molar-refractivity contribution in [2.24, 2.45) is 29.1 Å². The molecule has 0 aliphatic heterocycles. The number of hydrogen-bond donors (Lipinski definition) is 1. The third-order valence-corrected chi connectivity index (χ3v) is 5.95. The number of nitrogens with one attached hydrogen (secondary N) is 1. The van der Waals surface area contributed by atoms with Gasteiger partial charge in [0.15, 0.2) is 0 Å². The summed E-state index contributed by atoms with van der Waals surface area (Å²) in [5.74, 6) is 3.21. The average molecular weight is 246 g/mol. The lowest BCUT2D eigenvalue weighted by Gasteiger charge is -2.59. The van der Waals surface area contributed by atoms with Gasteiger partial charge in [-0.2, -0.15) is 5.26 Å². The highest BCUT2D eigenvalue weighted by molar-refractivity contribution is 5.05. The van der Waals surface area contributed by atoms with Gasteiger partial charge in [0.2, 0.25) is 0 Å². The van der Waals surface area contributed by atoms with Crippen molar-refractivity contribution in [2.45, 2.75) is 58.4 Å². The van der Waals surface area contributed by atoms with E-state index < -0.39 is 0 Å². The molecule has 2 unspecified atom stereocenters. The van der Waals surface area contributed by atoms with E-state index >= 15 is 0 Å². The Morgan fingerprint density at radius 2 is 1.61 bits per heavy atom. The van der Waals surface area contributed by atoms with Crippen LogP contribution in [0.3, 0.4) is 0 Å². The molecule has 2 nitrogen and oxygen atoms in total. The van der Waals surface area contributed by atoms with Gasteiger partial charge in [0.25, 0.3) is 0 Å². The standard InChI is InChI=1S/C16H26N2/c1-11(9-17)10-18-12(2)16-6-13-3-14(7-16)5-15(4-13)8-16/h11-15,18H,3-8,10H2,1-2H3. The third-order valence-electron chi connectivity index (χ3n) is 5.95. The van der Waals surface area contributed by atoms with E-state index in [0.29, 0.717) is 11.5 Å². The lowest BCUT2D eigenvalue weighted by Crippen LogP contribution is -2.55. The summed E-state index contributed by atoms with van der Waals surface area (Å²) in [6, 6.07) is 2.93. The maximum atomic E-state index is 8.89. The fourth-order valence-corrected chi connectivity index (χ4v) is 5.32. The molecular weight excluding hydrogens is 220 g/mol. The molecule has 0 aromatic heterocycles. The van der Waals surface area contributed by atoms with E-state index in [-0.39, 0.29) is 5.92 Å². The van der Waals surface area contributed by atoms with E-state index in [1.165, 1.54) is 38.5 Å². The highest BCUT2D eigenvalue weighted by Gasteiger charge is 2.52. The number of nitrogens with zero attached hydrogens (tertiary/aromatic N) is 1. The molecule has 4 saturated carbocycles. The van der Waals surface area contributed by atoms with Crippen LogP contribution in [0.15, 0.2) is 0 Å². The van der Waals surface area contributed by atoms with Crippen molar-refractivity contribution >= 4 is 0 Å². The molecule has 4 bridgehead atoms. The normalized spacial score (nSPS) is 44.6. The highest BCUT2D eigenvalue weighted by atomic mass is 14.9. The van der Waals surface area contributed by atoms with E-state index in [0.717, 1.165) is 24.3 Å². The Morgan fingerprint density at radius 1 is 1.11 bits per heavy atom. The molecule has 18 heavy (non-hydrogen) atoms. The maximum absolute atomic E-state index is 8.89. The second-order valence-electron chi connectivity index (χ2n) is 7.44. The van der Waals surface area contributed by atoms with Crippen LogP contribution in [-0.2, 0) is 0 Å². The van der Waals surface area contributed by atoms with Gasteiger partial charge in [-0.3, -0.25) is 0 Å². The quantitative estimate of drug-likeness (QED) is 0.826. The molecule has 2 heteroatoms. The molecule has 0 saturated heterocycles. The maximum Gasteiger partial charge on any atom is 0.0666 e. The van der Waals surface area contributed by atoms with Crippen LogP contribution in [0.4, 0.5) is 0 Å². The molecule has 2 atom stereocenters. The van der Waals surface area contributed by atoms with Crippen LogP contribution in [0, 0.1) is 40.4 Å². The summed E-state index contributed by atoms with van der Waals surface area (Å²) >= 11 is 0.